The number of carbonyl (C=O) groups excluding carboxylic acids is 3. The number of ether oxygens (including phenoxy) is 1. The minimum atomic E-state index is -0.496. The predicted octanol–water partition coefficient (Wildman–Crippen LogP) is 4.91. The standard InChI is InChI=1S/C21H19BrN2O4S/c1-2-10-28-17-9-8-15(22)11-14(17)12-18-20(26)24(21(27)29-18)13-19(25)23-16-6-4-3-5-7-16/h3-9,11-12H,2,10,13H2,1H3,(H,23,25)/b18-12+. The summed E-state index contributed by atoms with van der Waals surface area (Å²) in [5, 5.41) is 2.20. The summed E-state index contributed by atoms with van der Waals surface area (Å²) in [6.07, 6.45) is 2.47. The van der Waals surface area contributed by atoms with Crippen molar-refractivity contribution in [2.75, 3.05) is 18.5 Å². The maximum absolute atomic E-state index is 12.7. The highest BCUT2D eigenvalue weighted by Gasteiger charge is 2.36. The first-order valence-corrected chi connectivity index (χ1v) is 10.6. The van der Waals surface area contributed by atoms with E-state index in [0.29, 0.717) is 23.6 Å². The van der Waals surface area contributed by atoms with Gasteiger partial charge in [0.05, 0.1) is 11.5 Å². The molecular weight excluding hydrogens is 456 g/mol. The number of hydrogen-bond donors (Lipinski definition) is 1. The van der Waals surface area contributed by atoms with Gasteiger partial charge in [-0.2, -0.15) is 0 Å². The summed E-state index contributed by atoms with van der Waals surface area (Å²) >= 11 is 4.22. The Morgan fingerprint density at radius 3 is 2.69 bits per heavy atom. The Morgan fingerprint density at radius 1 is 1.21 bits per heavy atom. The molecule has 1 aliphatic rings. The van der Waals surface area contributed by atoms with Crippen LogP contribution in [0.25, 0.3) is 6.08 Å². The van der Waals surface area contributed by atoms with Crippen molar-refractivity contribution >= 4 is 56.5 Å². The van der Waals surface area contributed by atoms with Gasteiger partial charge in [-0.15, -0.1) is 0 Å². The molecule has 0 atom stereocenters. The topological polar surface area (TPSA) is 75.7 Å². The number of hydrogen-bond acceptors (Lipinski definition) is 5. The maximum atomic E-state index is 12.7. The minimum absolute atomic E-state index is 0.252. The summed E-state index contributed by atoms with van der Waals surface area (Å²) in [5.41, 5.74) is 1.29. The Morgan fingerprint density at radius 2 is 1.97 bits per heavy atom. The van der Waals surface area contributed by atoms with Crippen LogP contribution >= 0.6 is 27.7 Å². The molecule has 2 aromatic rings. The number of nitrogens with zero attached hydrogens (tertiary/aromatic N) is 1. The van der Waals surface area contributed by atoms with Crippen LogP contribution in [0.1, 0.15) is 18.9 Å². The number of thioether (sulfide) groups is 1. The fraction of sp³-hybridized carbons (Fsp3) is 0.190. The van der Waals surface area contributed by atoms with Crippen LogP contribution in [0.4, 0.5) is 10.5 Å². The molecule has 1 aliphatic heterocycles. The van der Waals surface area contributed by atoms with E-state index in [9.17, 15) is 14.4 Å². The molecule has 0 bridgehead atoms. The van der Waals surface area contributed by atoms with E-state index in [1.54, 1.807) is 30.3 Å². The summed E-state index contributed by atoms with van der Waals surface area (Å²) < 4.78 is 6.55. The second-order valence-electron chi connectivity index (χ2n) is 6.21. The maximum Gasteiger partial charge on any atom is 0.294 e. The van der Waals surface area contributed by atoms with Gasteiger partial charge in [0.2, 0.25) is 5.91 Å². The van der Waals surface area contributed by atoms with Crippen LogP contribution in [0.2, 0.25) is 0 Å². The van der Waals surface area contributed by atoms with E-state index >= 15 is 0 Å². The molecule has 3 rings (SSSR count). The summed E-state index contributed by atoms with van der Waals surface area (Å²) in [6.45, 7) is 2.21. The Balaban J connectivity index is 1.75. The van der Waals surface area contributed by atoms with E-state index in [2.05, 4.69) is 21.2 Å². The SMILES string of the molecule is CCCOc1ccc(Br)cc1/C=C1/SC(=O)N(CC(=O)Nc2ccccc2)C1=O. The summed E-state index contributed by atoms with van der Waals surface area (Å²) in [5.74, 6) is -0.303. The highest BCUT2D eigenvalue weighted by molar-refractivity contribution is 9.10. The molecule has 0 unspecified atom stereocenters. The molecular formula is C21H19BrN2O4S. The molecule has 0 radical (unpaired) electrons. The average molecular weight is 475 g/mol. The summed E-state index contributed by atoms with van der Waals surface area (Å²) in [6, 6.07) is 14.3. The number of rotatable bonds is 7. The van der Waals surface area contributed by atoms with Crippen LogP contribution in [-0.2, 0) is 9.59 Å². The Bertz CT molecular complexity index is 962. The van der Waals surface area contributed by atoms with Crippen molar-refractivity contribution in [1.29, 1.82) is 0 Å². The first-order valence-electron chi connectivity index (χ1n) is 9.00. The number of benzene rings is 2. The Labute approximate surface area is 181 Å². The van der Waals surface area contributed by atoms with Crippen molar-refractivity contribution in [3.05, 3.63) is 63.5 Å². The Kier molecular flexibility index (Phi) is 7.11. The zero-order valence-electron chi connectivity index (χ0n) is 15.7. The lowest BCUT2D eigenvalue weighted by molar-refractivity contribution is -0.127. The molecule has 0 aromatic heterocycles. The molecule has 3 amide bonds. The van der Waals surface area contributed by atoms with Gasteiger partial charge in [0.25, 0.3) is 11.1 Å². The number of para-hydroxylation sites is 1. The third kappa shape index (κ3) is 5.48. The number of imide groups is 1. The molecule has 8 heteroatoms. The molecule has 0 aliphatic carbocycles. The van der Waals surface area contributed by atoms with Crippen LogP contribution in [-0.4, -0.2) is 35.1 Å². The zero-order valence-corrected chi connectivity index (χ0v) is 18.1. The van der Waals surface area contributed by atoms with Crippen molar-refractivity contribution in [2.24, 2.45) is 0 Å². The molecule has 6 nitrogen and oxygen atoms in total. The van der Waals surface area contributed by atoms with Gasteiger partial charge in [0.15, 0.2) is 0 Å². The third-order valence-electron chi connectivity index (χ3n) is 3.95. The minimum Gasteiger partial charge on any atom is -0.493 e. The smallest absolute Gasteiger partial charge is 0.294 e. The fourth-order valence-corrected chi connectivity index (χ4v) is 3.83. The van der Waals surface area contributed by atoms with Gasteiger partial charge in [0, 0.05) is 15.7 Å². The van der Waals surface area contributed by atoms with E-state index in [4.69, 9.17) is 4.74 Å². The van der Waals surface area contributed by atoms with Crippen molar-refractivity contribution in [2.45, 2.75) is 13.3 Å². The quantitative estimate of drug-likeness (QED) is 0.576. The van der Waals surface area contributed by atoms with Crippen LogP contribution in [0.3, 0.4) is 0 Å². The van der Waals surface area contributed by atoms with E-state index in [1.165, 1.54) is 0 Å². The third-order valence-corrected chi connectivity index (χ3v) is 5.35. The van der Waals surface area contributed by atoms with Gasteiger partial charge in [-0.1, -0.05) is 41.1 Å². The number of nitrogens with one attached hydrogen (secondary N) is 1. The molecule has 0 spiro atoms. The molecule has 1 heterocycles. The van der Waals surface area contributed by atoms with E-state index in [0.717, 1.165) is 27.6 Å². The lowest BCUT2D eigenvalue weighted by Crippen LogP contribution is -2.36. The van der Waals surface area contributed by atoms with Crippen molar-refractivity contribution < 1.29 is 19.1 Å². The summed E-state index contributed by atoms with van der Waals surface area (Å²) in [4.78, 5) is 38.4. The van der Waals surface area contributed by atoms with Crippen LogP contribution in [0.5, 0.6) is 5.75 Å². The van der Waals surface area contributed by atoms with E-state index in [1.807, 2.05) is 31.2 Å². The Hall–Kier alpha value is -2.58. The molecule has 1 fully saturated rings. The van der Waals surface area contributed by atoms with E-state index in [-0.39, 0.29) is 11.4 Å². The zero-order chi connectivity index (χ0) is 20.8. The van der Waals surface area contributed by atoms with Gasteiger partial charge in [-0.3, -0.25) is 19.3 Å². The van der Waals surface area contributed by atoms with Gasteiger partial charge in [-0.05, 0) is 54.6 Å². The van der Waals surface area contributed by atoms with Gasteiger partial charge in [0.1, 0.15) is 12.3 Å². The van der Waals surface area contributed by atoms with E-state index < -0.39 is 17.1 Å². The van der Waals surface area contributed by atoms with Gasteiger partial charge < -0.3 is 10.1 Å². The molecule has 29 heavy (non-hydrogen) atoms. The second-order valence-corrected chi connectivity index (χ2v) is 8.12. The second kappa shape index (κ2) is 9.76. The molecule has 2 aromatic carbocycles. The number of halogens is 1. The number of anilines is 1. The normalized spacial score (nSPS) is 15.1. The molecule has 1 saturated heterocycles. The lowest BCUT2D eigenvalue weighted by atomic mass is 10.2. The van der Waals surface area contributed by atoms with Crippen LogP contribution < -0.4 is 10.1 Å². The first-order chi connectivity index (χ1) is 14.0. The van der Waals surface area contributed by atoms with Gasteiger partial charge >= 0.3 is 0 Å². The van der Waals surface area contributed by atoms with Crippen molar-refractivity contribution in [1.82, 2.24) is 4.90 Å². The molecule has 1 N–H and O–H groups in total. The lowest BCUT2D eigenvalue weighted by Gasteiger charge is -2.12. The van der Waals surface area contributed by atoms with Crippen LogP contribution in [0.15, 0.2) is 57.9 Å². The van der Waals surface area contributed by atoms with Crippen LogP contribution in [0, 0.1) is 0 Å². The summed E-state index contributed by atoms with van der Waals surface area (Å²) in [7, 11) is 0. The van der Waals surface area contributed by atoms with Gasteiger partial charge in [-0.25, -0.2) is 0 Å². The first kappa shape index (κ1) is 21.1. The monoisotopic (exact) mass is 474 g/mol. The van der Waals surface area contributed by atoms with Crippen molar-refractivity contribution in [3.63, 3.8) is 0 Å². The predicted molar refractivity (Wildman–Crippen MR) is 118 cm³/mol. The van der Waals surface area contributed by atoms with Crippen molar-refractivity contribution in [3.8, 4) is 5.75 Å². The molecule has 150 valence electrons. The fourth-order valence-electron chi connectivity index (χ4n) is 2.62. The highest BCUT2D eigenvalue weighted by Crippen LogP contribution is 2.34. The molecule has 0 saturated carbocycles. The number of amides is 3. The number of carbonyl (C=O) groups is 3. The average Bonchev–Trinajstić information content (AvgIpc) is 2.95. The largest absolute Gasteiger partial charge is 0.493 e. The highest BCUT2D eigenvalue weighted by atomic mass is 79.9.